The molecule has 0 saturated heterocycles. The van der Waals surface area contributed by atoms with Crippen LogP contribution in [0.15, 0.2) is 72.8 Å². The first-order chi connectivity index (χ1) is 14.0. The highest BCUT2D eigenvalue weighted by Crippen LogP contribution is 2.29. The Bertz CT molecular complexity index is 1010. The van der Waals surface area contributed by atoms with Gasteiger partial charge in [-0.15, -0.1) is 0 Å². The van der Waals surface area contributed by atoms with Crippen LogP contribution >= 0.6 is 0 Å². The van der Waals surface area contributed by atoms with Gasteiger partial charge in [-0.2, -0.15) is 0 Å². The highest BCUT2D eigenvalue weighted by atomic mass is 16.5. The molecule has 1 amide bonds. The van der Waals surface area contributed by atoms with Crippen molar-refractivity contribution in [2.45, 2.75) is 13.0 Å². The number of ether oxygens (including phenoxy) is 2. The van der Waals surface area contributed by atoms with Crippen molar-refractivity contribution < 1.29 is 19.1 Å². The van der Waals surface area contributed by atoms with Gasteiger partial charge in [0, 0.05) is 16.7 Å². The van der Waals surface area contributed by atoms with Crippen molar-refractivity contribution in [3.63, 3.8) is 0 Å². The van der Waals surface area contributed by atoms with Gasteiger partial charge >= 0.3 is 0 Å². The van der Waals surface area contributed by atoms with Crippen LogP contribution in [0.2, 0.25) is 0 Å². The quantitative estimate of drug-likeness (QED) is 0.608. The van der Waals surface area contributed by atoms with Gasteiger partial charge in [0.15, 0.2) is 5.78 Å². The Hall–Kier alpha value is -3.60. The van der Waals surface area contributed by atoms with E-state index in [1.165, 1.54) is 0 Å². The van der Waals surface area contributed by atoms with Crippen LogP contribution in [0.3, 0.4) is 0 Å². The molecule has 29 heavy (non-hydrogen) atoms. The molecular weight excluding hydrogens is 366 g/mol. The van der Waals surface area contributed by atoms with E-state index in [1.807, 2.05) is 19.1 Å². The second-order valence-corrected chi connectivity index (χ2v) is 6.54. The summed E-state index contributed by atoms with van der Waals surface area (Å²) in [6.45, 7) is 1.86. The fourth-order valence-electron chi connectivity index (χ4n) is 3.15. The van der Waals surface area contributed by atoms with E-state index < -0.39 is 0 Å². The monoisotopic (exact) mass is 389 g/mol. The number of hydrogen-bond donors (Lipinski definition) is 1. The highest BCUT2D eigenvalue weighted by Gasteiger charge is 2.21. The molecule has 0 aliphatic carbocycles. The Morgan fingerprint density at radius 3 is 2.14 bits per heavy atom. The first-order valence-electron chi connectivity index (χ1n) is 9.26. The molecule has 1 atom stereocenters. The highest BCUT2D eigenvalue weighted by molar-refractivity contribution is 6.15. The first-order valence-corrected chi connectivity index (χ1v) is 9.26. The molecule has 0 saturated carbocycles. The number of rotatable bonds is 7. The maximum absolute atomic E-state index is 13.0. The molecule has 0 fully saturated rings. The fourth-order valence-corrected chi connectivity index (χ4v) is 3.15. The van der Waals surface area contributed by atoms with E-state index in [4.69, 9.17) is 9.47 Å². The average molecular weight is 389 g/mol. The zero-order chi connectivity index (χ0) is 20.8. The second-order valence-electron chi connectivity index (χ2n) is 6.54. The fraction of sp³-hybridized carbons (Fsp3) is 0.167. The number of benzene rings is 3. The minimum absolute atomic E-state index is 0.192. The number of amides is 1. The van der Waals surface area contributed by atoms with Gasteiger partial charge in [0.2, 0.25) is 0 Å². The van der Waals surface area contributed by atoms with E-state index in [0.717, 1.165) is 5.56 Å². The summed E-state index contributed by atoms with van der Waals surface area (Å²) in [5.74, 6) is 0.791. The van der Waals surface area contributed by atoms with Gasteiger partial charge in [-0.1, -0.05) is 48.5 Å². The molecular formula is C24H23NO4. The zero-order valence-electron chi connectivity index (χ0n) is 16.6. The van der Waals surface area contributed by atoms with Crippen molar-refractivity contribution in [2.75, 3.05) is 14.2 Å². The van der Waals surface area contributed by atoms with Crippen molar-refractivity contribution in [2.24, 2.45) is 0 Å². The molecule has 3 aromatic rings. The van der Waals surface area contributed by atoms with Crippen molar-refractivity contribution >= 4 is 11.7 Å². The summed E-state index contributed by atoms with van der Waals surface area (Å²) in [5.41, 5.74) is 2.01. The molecule has 0 aromatic heterocycles. The third kappa shape index (κ3) is 4.46. The van der Waals surface area contributed by atoms with Gasteiger partial charge < -0.3 is 14.8 Å². The standard InChI is InChI=1S/C24H23NO4/c1-16(21-15-18(28-2)13-14-22(21)29-3)25-24(27)20-12-8-7-11-19(20)23(26)17-9-5-4-6-10-17/h4-16H,1-3H3,(H,25,27). The van der Waals surface area contributed by atoms with Gasteiger partial charge in [-0.25, -0.2) is 0 Å². The van der Waals surface area contributed by atoms with E-state index in [1.54, 1.807) is 74.9 Å². The van der Waals surface area contributed by atoms with Crippen LogP contribution in [0.1, 0.15) is 44.8 Å². The van der Waals surface area contributed by atoms with Crippen LogP contribution in [-0.2, 0) is 0 Å². The number of ketones is 1. The van der Waals surface area contributed by atoms with E-state index in [-0.39, 0.29) is 17.7 Å². The van der Waals surface area contributed by atoms with E-state index in [2.05, 4.69) is 5.32 Å². The predicted octanol–water partition coefficient (Wildman–Crippen LogP) is 4.43. The van der Waals surface area contributed by atoms with Gasteiger partial charge in [-0.3, -0.25) is 9.59 Å². The van der Waals surface area contributed by atoms with Gasteiger partial charge in [0.05, 0.1) is 25.8 Å². The number of hydrogen-bond acceptors (Lipinski definition) is 4. The lowest BCUT2D eigenvalue weighted by molar-refractivity contribution is 0.0929. The maximum atomic E-state index is 13.0. The van der Waals surface area contributed by atoms with Crippen molar-refractivity contribution in [1.82, 2.24) is 5.32 Å². The number of methoxy groups -OCH3 is 2. The van der Waals surface area contributed by atoms with Crippen molar-refractivity contribution in [3.8, 4) is 11.5 Å². The van der Waals surface area contributed by atoms with Gasteiger partial charge in [-0.05, 0) is 31.2 Å². The third-order valence-corrected chi connectivity index (χ3v) is 4.70. The molecule has 0 aliphatic heterocycles. The van der Waals surface area contributed by atoms with E-state index >= 15 is 0 Å². The molecule has 5 nitrogen and oxygen atoms in total. The smallest absolute Gasteiger partial charge is 0.252 e. The molecule has 0 spiro atoms. The number of carbonyl (C=O) groups excluding carboxylic acids is 2. The lowest BCUT2D eigenvalue weighted by Crippen LogP contribution is -2.28. The average Bonchev–Trinajstić information content (AvgIpc) is 2.78. The zero-order valence-corrected chi connectivity index (χ0v) is 16.6. The molecule has 148 valence electrons. The summed E-state index contributed by atoms with van der Waals surface area (Å²) in [6.07, 6.45) is 0. The third-order valence-electron chi connectivity index (χ3n) is 4.70. The molecule has 3 rings (SSSR count). The lowest BCUT2D eigenvalue weighted by atomic mass is 9.97. The van der Waals surface area contributed by atoms with Crippen molar-refractivity contribution in [3.05, 3.63) is 95.1 Å². The molecule has 0 heterocycles. The molecule has 1 unspecified atom stereocenters. The Morgan fingerprint density at radius 1 is 0.828 bits per heavy atom. The summed E-state index contributed by atoms with van der Waals surface area (Å²) in [7, 11) is 3.16. The van der Waals surface area contributed by atoms with Gasteiger partial charge in [0.1, 0.15) is 11.5 Å². The Kier molecular flexibility index (Phi) is 6.29. The van der Waals surface area contributed by atoms with Crippen LogP contribution in [0.5, 0.6) is 11.5 Å². The Balaban J connectivity index is 1.88. The number of nitrogens with one attached hydrogen (secondary N) is 1. The molecule has 5 heteroatoms. The number of carbonyl (C=O) groups is 2. The minimum Gasteiger partial charge on any atom is -0.497 e. The Morgan fingerprint density at radius 2 is 1.48 bits per heavy atom. The van der Waals surface area contributed by atoms with Gasteiger partial charge in [0.25, 0.3) is 5.91 Å². The van der Waals surface area contributed by atoms with Crippen LogP contribution in [0.4, 0.5) is 0 Å². The largest absolute Gasteiger partial charge is 0.497 e. The summed E-state index contributed by atoms with van der Waals surface area (Å²) in [5, 5.41) is 2.96. The van der Waals surface area contributed by atoms with Crippen LogP contribution < -0.4 is 14.8 Å². The van der Waals surface area contributed by atoms with Crippen LogP contribution in [0, 0.1) is 0 Å². The first kappa shape index (κ1) is 20.1. The lowest BCUT2D eigenvalue weighted by Gasteiger charge is -2.19. The minimum atomic E-state index is -0.354. The normalized spacial score (nSPS) is 11.4. The summed E-state index contributed by atoms with van der Waals surface area (Å²) in [6, 6.07) is 20.8. The molecule has 1 N–H and O–H groups in total. The van der Waals surface area contributed by atoms with E-state index in [9.17, 15) is 9.59 Å². The molecule has 0 bridgehead atoms. The van der Waals surface area contributed by atoms with E-state index in [0.29, 0.717) is 28.2 Å². The molecule has 3 aromatic carbocycles. The predicted molar refractivity (Wildman–Crippen MR) is 112 cm³/mol. The molecule has 0 radical (unpaired) electrons. The van der Waals surface area contributed by atoms with Crippen LogP contribution in [0.25, 0.3) is 0 Å². The second kappa shape index (κ2) is 9.06. The summed E-state index contributed by atoms with van der Waals surface area (Å²) < 4.78 is 10.7. The Labute approximate surface area is 170 Å². The summed E-state index contributed by atoms with van der Waals surface area (Å²) >= 11 is 0. The summed E-state index contributed by atoms with van der Waals surface area (Å²) in [4.78, 5) is 25.9. The topological polar surface area (TPSA) is 64.6 Å². The van der Waals surface area contributed by atoms with Crippen molar-refractivity contribution in [1.29, 1.82) is 0 Å². The maximum Gasteiger partial charge on any atom is 0.252 e. The van der Waals surface area contributed by atoms with Crippen LogP contribution in [-0.4, -0.2) is 25.9 Å². The SMILES string of the molecule is COc1ccc(OC)c(C(C)NC(=O)c2ccccc2C(=O)c2ccccc2)c1. The molecule has 0 aliphatic rings.